The molecule has 0 aliphatic rings. The molecule has 0 radical (unpaired) electrons. The van der Waals surface area contributed by atoms with Crippen LogP contribution in [0.15, 0.2) is 24.3 Å². The van der Waals surface area contributed by atoms with Crippen molar-refractivity contribution in [3.05, 3.63) is 30.1 Å². The standard InChI is InChI=1S/C13H19N3.2ClH/c1-9(2)8-16-12-7-5-4-6-11(12)15-13(16)10(3)14;;/h4-7,9-10H,8,14H2,1-3H3;2*1H. The number of imidazole rings is 1. The first kappa shape index (κ1) is 17.2. The zero-order valence-electron chi connectivity index (χ0n) is 11.0. The van der Waals surface area contributed by atoms with Crippen molar-refractivity contribution in [1.82, 2.24) is 9.55 Å². The zero-order valence-corrected chi connectivity index (χ0v) is 12.6. The molecule has 0 amide bonds. The van der Waals surface area contributed by atoms with Gasteiger partial charge in [0.15, 0.2) is 0 Å². The number of para-hydroxylation sites is 2. The Bertz CT molecular complexity index is 492. The Morgan fingerprint density at radius 1 is 1.17 bits per heavy atom. The third-order valence-electron chi connectivity index (χ3n) is 2.64. The average molecular weight is 290 g/mol. The Hall–Kier alpha value is -0.770. The van der Waals surface area contributed by atoms with Crippen LogP contribution >= 0.6 is 24.8 Å². The molecular formula is C13H21Cl2N3. The molecule has 0 bridgehead atoms. The molecule has 0 spiro atoms. The number of halogens is 2. The number of hydrogen-bond donors (Lipinski definition) is 1. The van der Waals surface area contributed by atoms with Gasteiger partial charge in [-0.05, 0) is 25.0 Å². The van der Waals surface area contributed by atoms with Crippen LogP contribution in [0.25, 0.3) is 11.0 Å². The lowest BCUT2D eigenvalue weighted by Crippen LogP contribution is -2.15. The fraction of sp³-hybridized carbons (Fsp3) is 0.462. The van der Waals surface area contributed by atoms with E-state index in [0.717, 1.165) is 17.9 Å². The minimum atomic E-state index is -0.0221. The predicted octanol–water partition coefficient (Wildman–Crippen LogP) is 3.56. The summed E-state index contributed by atoms with van der Waals surface area (Å²) in [7, 11) is 0. The molecule has 0 saturated carbocycles. The topological polar surface area (TPSA) is 43.8 Å². The van der Waals surface area contributed by atoms with Gasteiger partial charge in [0.05, 0.1) is 17.1 Å². The lowest BCUT2D eigenvalue weighted by molar-refractivity contribution is 0.505. The zero-order chi connectivity index (χ0) is 11.7. The second-order valence-electron chi connectivity index (χ2n) is 4.75. The summed E-state index contributed by atoms with van der Waals surface area (Å²) in [4.78, 5) is 4.60. The van der Waals surface area contributed by atoms with Crippen LogP contribution in [0, 0.1) is 5.92 Å². The van der Waals surface area contributed by atoms with E-state index in [-0.39, 0.29) is 30.9 Å². The first-order valence-electron chi connectivity index (χ1n) is 5.80. The van der Waals surface area contributed by atoms with Gasteiger partial charge in [0.2, 0.25) is 0 Å². The van der Waals surface area contributed by atoms with Crippen LogP contribution in [0.3, 0.4) is 0 Å². The molecule has 5 heteroatoms. The Labute approximate surface area is 121 Å². The average Bonchev–Trinajstić information content (AvgIpc) is 2.57. The molecule has 0 fully saturated rings. The maximum absolute atomic E-state index is 5.97. The van der Waals surface area contributed by atoms with E-state index in [2.05, 4.69) is 29.5 Å². The van der Waals surface area contributed by atoms with E-state index in [9.17, 15) is 0 Å². The molecule has 1 aromatic heterocycles. The lowest BCUT2D eigenvalue weighted by Gasteiger charge is -2.13. The molecule has 2 rings (SSSR count). The van der Waals surface area contributed by atoms with Crippen LogP contribution in [0.2, 0.25) is 0 Å². The van der Waals surface area contributed by atoms with Crippen LogP contribution in [0.1, 0.15) is 32.6 Å². The summed E-state index contributed by atoms with van der Waals surface area (Å²) in [6.45, 7) is 7.37. The molecule has 18 heavy (non-hydrogen) atoms. The van der Waals surface area contributed by atoms with E-state index in [1.807, 2.05) is 25.1 Å². The van der Waals surface area contributed by atoms with Crippen LogP contribution < -0.4 is 5.73 Å². The normalized spacial score (nSPS) is 12.1. The fourth-order valence-electron chi connectivity index (χ4n) is 2.00. The highest BCUT2D eigenvalue weighted by Crippen LogP contribution is 2.20. The maximum atomic E-state index is 5.97. The van der Waals surface area contributed by atoms with Crippen LogP contribution in [0.5, 0.6) is 0 Å². The minimum absolute atomic E-state index is 0. The predicted molar refractivity (Wildman–Crippen MR) is 81.7 cm³/mol. The quantitative estimate of drug-likeness (QED) is 0.939. The van der Waals surface area contributed by atoms with E-state index in [1.165, 1.54) is 5.52 Å². The smallest absolute Gasteiger partial charge is 0.126 e. The highest BCUT2D eigenvalue weighted by atomic mass is 35.5. The van der Waals surface area contributed by atoms with Crippen molar-refractivity contribution in [2.45, 2.75) is 33.4 Å². The van der Waals surface area contributed by atoms with Crippen LogP contribution in [0.4, 0.5) is 0 Å². The van der Waals surface area contributed by atoms with Crippen molar-refractivity contribution >= 4 is 35.8 Å². The SMILES string of the molecule is CC(C)Cn1c(C(C)N)nc2ccccc21.Cl.Cl. The van der Waals surface area contributed by atoms with Crippen molar-refractivity contribution in [2.75, 3.05) is 0 Å². The van der Waals surface area contributed by atoms with E-state index >= 15 is 0 Å². The molecule has 1 aromatic carbocycles. The highest BCUT2D eigenvalue weighted by Gasteiger charge is 2.13. The van der Waals surface area contributed by atoms with Gasteiger partial charge in [0.25, 0.3) is 0 Å². The maximum Gasteiger partial charge on any atom is 0.126 e. The van der Waals surface area contributed by atoms with Crippen LogP contribution in [-0.4, -0.2) is 9.55 Å². The number of nitrogens with two attached hydrogens (primary N) is 1. The second kappa shape index (κ2) is 6.98. The molecule has 1 atom stereocenters. The van der Waals surface area contributed by atoms with Gasteiger partial charge in [-0.1, -0.05) is 26.0 Å². The third-order valence-corrected chi connectivity index (χ3v) is 2.64. The van der Waals surface area contributed by atoms with Crippen molar-refractivity contribution in [3.63, 3.8) is 0 Å². The summed E-state index contributed by atoms with van der Waals surface area (Å²) in [6.07, 6.45) is 0. The number of nitrogens with zero attached hydrogens (tertiary/aromatic N) is 2. The van der Waals surface area contributed by atoms with Crippen molar-refractivity contribution < 1.29 is 0 Å². The summed E-state index contributed by atoms with van der Waals surface area (Å²) in [5.74, 6) is 1.57. The molecule has 2 N–H and O–H groups in total. The summed E-state index contributed by atoms with van der Waals surface area (Å²) in [5, 5.41) is 0. The van der Waals surface area contributed by atoms with Crippen molar-refractivity contribution in [1.29, 1.82) is 0 Å². The Kier molecular flexibility index (Phi) is 6.68. The van der Waals surface area contributed by atoms with E-state index in [0.29, 0.717) is 5.92 Å². The summed E-state index contributed by atoms with van der Waals surface area (Å²) < 4.78 is 2.24. The molecule has 0 aliphatic carbocycles. The first-order valence-corrected chi connectivity index (χ1v) is 5.80. The van der Waals surface area contributed by atoms with Gasteiger partial charge >= 0.3 is 0 Å². The summed E-state index contributed by atoms with van der Waals surface area (Å²) >= 11 is 0. The Morgan fingerprint density at radius 3 is 2.33 bits per heavy atom. The summed E-state index contributed by atoms with van der Waals surface area (Å²) in [6, 6.07) is 8.19. The monoisotopic (exact) mass is 289 g/mol. The Morgan fingerprint density at radius 2 is 1.78 bits per heavy atom. The molecular weight excluding hydrogens is 269 g/mol. The highest BCUT2D eigenvalue weighted by molar-refractivity contribution is 5.85. The third kappa shape index (κ3) is 3.37. The number of aromatic nitrogens is 2. The number of fused-ring (bicyclic) bond motifs is 1. The number of rotatable bonds is 3. The molecule has 0 aliphatic heterocycles. The molecule has 1 heterocycles. The molecule has 3 nitrogen and oxygen atoms in total. The number of hydrogen-bond acceptors (Lipinski definition) is 2. The molecule has 1 unspecified atom stereocenters. The Balaban J connectivity index is 0.00000144. The summed E-state index contributed by atoms with van der Waals surface area (Å²) in [5.41, 5.74) is 8.19. The van der Waals surface area contributed by atoms with Gasteiger partial charge in [-0.15, -0.1) is 24.8 Å². The largest absolute Gasteiger partial charge is 0.326 e. The van der Waals surface area contributed by atoms with Gasteiger partial charge in [-0.3, -0.25) is 0 Å². The fourth-order valence-corrected chi connectivity index (χ4v) is 2.00. The molecule has 2 aromatic rings. The molecule has 0 saturated heterocycles. The van der Waals surface area contributed by atoms with Gasteiger partial charge < -0.3 is 10.3 Å². The van der Waals surface area contributed by atoms with Gasteiger partial charge in [0, 0.05) is 6.54 Å². The lowest BCUT2D eigenvalue weighted by atomic mass is 10.2. The molecule has 102 valence electrons. The number of benzene rings is 1. The van der Waals surface area contributed by atoms with Gasteiger partial charge in [-0.2, -0.15) is 0 Å². The van der Waals surface area contributed by atoms with E-state index < -0.39 is 0 Å². The van der Waals surface area contributed by atoms with E-state index in [1.54, 1.807) is 0 Å². The first-order chi connectivity index (χ1) is 7.59. The second-order valence-corrected chi connectivity index (χ2v) is 4.75. The van der Waals surface area contributed by atoms with Crippen molar-refractivity contribution in [3.8, 4) is 0 Å². The van der Waals surface area contributed by atoms with Crippen LogP contribution in [-0.2, 0) is 6.54 Å². The van der Waals surface area contributed by atoms with Crippen molar-refractivity contribution in [2.24, 2.45) is 11.7 Å². The van der Waals surface area contributed by atoms with E-state index in [4.69, 9.17) is 5.73 Å². The van der Waals surface area contributed by atoms with Gasteiger partial charge in [0.1, 0.15) is 5.82 Å². The van der Waals surface area contributed by atoms with Gasteiger partial charge in [-0.25, -0.2) is 4.98 Å². The minimum Gasteiger partial charge on any atom is -0.326 e.